The van der Waals surface area contributed by atoms with Gasteiger partial charge in [0.15, 0.2) is 4.31 Å². The number of aliphatic hydroxyl groups is 1. The van der Waals surface area contributed by atoms with E-state index in [0.717, 1.165) is 32.1 Å². The molecule has 2 unspecified atom stereocenters. The molecular formula is C10H20O6P2+2. The predicted octanol–water partition coefficient (Wildman–Crippen LogP) is 4.48. The summed E-state index contributed by atoms with van der Waals surface area (Å²) in [5.41, 5.74) is 0. The van der Waals surface area contributed by atoms with Gasteiger partial charge < -0.3 is 5.11 Å². The third-order valence-electron chi connectivity index (χ3n) is 2.23. The van der Waals surface area contributed by atoms with Crippen molar-refractivity contribution in [2.75, 3.05) is 0 Å². The maximum Gasteiger partial charge on any atom is 0.800 e. The van der Waals surface area contributed by atoms with Crippen LogP contribution in [0.25, 0.3) is 0 Å². The van der Waals surface area contributed by atoms with E-state index < -0.39 is 16.5 Å². The second-order valence-corrected chi connectivity index (χ2v) is 5.57. The predicted molar refractivity (Wildman–Crippen MR) is 68.3 cm³/mol. The van der Waals surface area contributed by atoms with Gasteiger partial charge in [0.25, 0.3) is 0 Å². The fourth-order valence-electron chi connectivity index (χ4n) is 1.35. The Hall–Kier alpha value is -0.540. The van der Waals surface area contributed by atoms with E-state index in [1.165, 1.54) is 6.92 Å². The highest BCUT2D eigenvalue weighted by molar-refractivity contribution is 7.47. The van der Waals surface area contributed by atoms with Crippen LogP contribution in [0.4, 0.5) is 0 Å². The topological polar surface area (TPSA) is 93.1 Å². The summed E-state index contributed by atoms with van der Waals surface area (Å²) < 4.78 is 30.3. The van der Waals surface area contributed by atoms with Gasteiger partial charge in [-0.3, -0.25) is 0 Å². The molecule has 0 aromatic heterocycles. The Morgan fingerprint density at radius 2 is 1.78 bits per heavy atom. The average molecular weight is 298 g/mol. The van der Waals surface area contributed by atoms with E-state index in [1.807, 2.05) is 0 Å². The first-order valence-electron chi connectivity index (χ1n) is 5.85. The zero-order valence-corrected chi connectivity index (χ0v) is 12.5. The molecule has 0 saturated heterocycles. The normalized spacial score (nSPS) is 13.9. The number of rotatable bonds is 10. The van der Waals surface area contributed by atoms with Crippen LogP contribution in [-0.4, -0.2) is 10.00 Å². The zero-order chi connectivity index (χ0) is 14.0. The van der Waals surface area contributed by atoms with Crippen LogP contribution >= 0.6 is 16.5 Å². The fraction of sp³-hybridized carbons (Fsp3) is 0.800. The zero-order valence-electron chi connectivity index (χ0n) is 10.7. The molecule has 6 nitrogen and oxygen atoms in total. The molecule has 0 saturated carbocycles. The highest BCUT2D eigenvalue weighted by atomic mass is 31.2. The molecule has 8 heteroatoms. The molecule has 0 radical (unpaired) electrons. The third kappa shape index (κ3) is 9.49. The summed E-state index contributed by atoms with van der Waals surface area (Å²) in [7, 11) is -5.69. The summed E-state index contributed by atoms with van der Waals surface area (Å²) >= 11 is 0. The lowest BCUT2D eigenvalue weighted by atomic mass is 10.1. The van der Waals surface area contributed by atoms with Crippen molar-refractivity contribution in [1.29, 1.82) is 0 Å². The molecule has 0 aliphatic rings. The Balaban J connectivity index is 4.06. The molecule has 0 bridgehead atoms. The molecule has 0 spiro atoms. The molecule has 104 valence electrons. The summed E-state index contributed by atoms with van der Waals surface area (Å²) in [5, 5.41) is 9.33. The van der Waals surface area contributed by atoms with Crippen LogP contribution in [0.3, 0.4) is 0 Å². The van der Waals surface area contributed by atoms with Crippen molar-refractivity contribution in [1.82, 2.24) is 0 Å². The van der Waals surface area contributed by atoms with Gasteiger partial charge in [-0.15, -0.1) is 4.89 Å². The lowest BCUT2D eigenvalue weighted by Crippen LogP contribution is -1.92. The maximum absolute atomic E-state index is 11.1. The van der Waals surface area contributed by atoms with E-state index in [0.29, 0.717) is 6.42 Å². The first-order chi connectivity index (χ1) is 8.47. The molecule has 18 heavy (non-hydrogen) atoms. The number of hydrogen-bond donors (Lipinski definition) is 2. The van der Waals surface area contributed by atoms with Crippen LogP contribution in [0.5, 0.6) is 0 Å². The van der Waals surface area contributed by atoms with E-state index in [1.54, 1.807) is 0 Å². The molecule has 2 N–H and O–H groups in total. The van der Waals surface area contributed by atoms with Gasteiger partial charge in [-0.05, 0) is 13.3 Å². The first kappa shape index (κ1) is 17.5. The van der Waals surface area contributed by atoms with Crippen molar-refractivity contribution in [2.45, 2.75) is 52.4 Å². The van der Waals surface area contributed by atoms with Crippen LogP contribution in [0, 0.1) is 0 Å². The number of allylic oxidation sites excluding steroid dienone is 2. The quantitative estimate of drug-likeness (QED) is 0.351. The van der Waals surface area contributed by atoms with Crippen molar-refractivity contribution in [3.05, 3.63) is 11.5 Å². The van der Waals surface area contributed by atoms with Crippen LogP contribution < -0.4 is 0 Å². The molecule has 0 aromatic rings. The van der Waals surface area contributed by atoms with Gasteiger partial charge >= 0.3 is 16.5 Å². The van der Waals surface area contributed by atoms with Crippen LogP contribution in [0.15, 0.2) is 11.5 Å². The van der Waals surface area contributed by atoms with Crippen molar-refractivity contribution in [2.24, 2.45) is 0 Å². The van der Waals surface area contributed by atoms with Gasteiger partial charge in [0, 0.05) is 15.6 Å². The minimum Gasteiger partial charge on any atom is -0.509 e. The van der Waals surface area contributed by atoms with Gasteiger partial charge in [-0.2, -0.15) is 0 Å². The van der Waals surface area contributed by atoms with Crippen molar-refractivity contribution in [3.63, 3.8) is 0 Å². The highest BCUT2D eigenvalue weighted by Crippen LogP contribution is 2.39. The lowest BCUT2D eigenvalue weighted by Gasteiger charge is -2.01. The second-order valence-electron chi connectivity index (χ2n) is 3.81. The molecular weight excluding hydrogens is 278 g/mol. The van der Waals surface area contributed by atoms with Crippen molar-refractivity contribution < 1.29 is 28.0 Å². The van der Waals surface area contributed by atoms with Crippen LogP contribution in [-0.2, 0) is 18.0 Å². The third-order valence-corrected chi connectivity index (χ3v) is 3.69. The Morgan fingerprint density at radius 3 is 2.28 bits per heavy atom. The number of aliphatic hydroxyl groups excluding tert-OH is 1. The monoisotopic (exact) mass is 298 g/mol. The summed E-state index contributed by atoms with van der Waals surface area (Å²) in [6, 6.07) is 0. The van der Waals surface area contributed by atoms with Crippen molar-refractivity contribution in [3.8, 4) is 0 Å². The maximum atomic E-state index is 11.1. The summed E-state index contributed by atoms with van der Waals surface area (Å²) in [6.07, 6.45) is 5.60. The number of unbranched alkanes of at least 4 members (excludes halogenated alkanes) is 4. The SMILES string of the molecule is CCCCCCCC(O[P+](=O)O[P+](=O)O)=C(C)O. The minimum atomic E-state index is -2.97. The van der Waals surface area contributed by atoms with E-state index in [4.69, 9.17) is 9.42 Å². The van der Waals surface area contributed by atoms with Crippen molar-refractivity contribution >= 4 is 16.5 Å². The average Bonchev–Trinajstić information content (AvgIpc) is 2.25. The van der Waals surface area contributed by atoms with Gasteiger partial charge in [-0.1, -0.05) is 32.6 Å². The van der Waals surface area contributed by atoms with E-state index >= 15 is 0 Å². The Bertz CT molecular complexity index is 311. The molecule has 2 atom stereocenters. The smallest absolute Gasteiger partial charge is 0.509 e. The largest absolute Gasteiger partial charge is 0.800 e. The highest BCUT2D eigenvalue weighted by Gasteiger charge is 2.39. The molecule has 0 heterocycles. The molecule has 0 aromatic carbocycles. The second kappa shape index (κ2) is 10.4. The molecule has 0 rings (SSSR count). The molecule has 0 amide bonds. The van der Waals surface area contributed by atoms with Gasteiger partial charge in [-0.25, -0.2) is 4.52 Å². The Labute approximate surface area is 109 Å². The standard InChI is InChI=1S/C10H18O6P2/c1-3-4-5-6-7-8-10(9(2)11)15-18(14)16-17(12)13/h3-8H2,1-2H3/p+2. The van der Waals surface area contributed by atoms with Crippen LogP contribution in [0.1, 0.15) is 52.4 Å². The first-order valence-corrected chi connectivity index (χ1v) is 8.08. The van der Waals surface area contributed by atoms with E-state index in [2.05, 4.69) is 11.2 Å². The lowest BCUT2D eigenvalue weighted by molar-refractivity contribution is 0.294. The number of hydrogen-bond acceptors (Lipinski definition) is 5. The van der Waals surface area contributed by atoms with Gasteiger partial charge in [0.1, 0.15) is 5.76 Å². The minimum absolute atomic E-state index is 0.0920. The Morgan fingerprint density at radius 1 is 1.17 bits per heavy atom. The molecule has 0 aliphatic carbocycles. The molecule has 0 fully saturated rings. The molecule has 0 aliphatic heterocycles. The Kier molecular flexibility index (Phi) is 10.1. The summed E-state index contributed by atoms with van der Waals surface area (Å²) in [5.74, 6) is 0.0510. The van der Waals surface area contributed by atoms with E-state index in [9.17, 15) is 14.2 Å². The summed E-state index contributed by atoms with van der Waals surface area (Å²) in [4.78, 5) is 8.39. The summed E-state index contributed by atoms with van der Waals surface area (Å²) in [6.45, 7) is 3.52. The van der Waals surface area contributed by atoms with Gasteiger partial charge in [0.2, 0.25) is 5.76 Å². The van der Waals surface area contributed by atoms with E-state index in [-0.39, 0.29) is 11.5 Å². The van der Waals surface area contributed by atoms with Gasteiger partial charge in [0.05, 0.1) is 0 Å². The van der Waals surface area contributed by atoms with Crippen LogP contribution in [0.2, 0.25) is 0 Å². The fourth-order valence-corrected chi connectivity index (χ4v) is 2.34.